The van der Waals surface area contributed by atoms with Gasteiger partial charge in [-0.1, -0.05) is 5.01 Å². The van der Waals surface area contributed by atoms with Gasteiger partial charge in [0, 0.05) is 0 Å². The zero-order valence-corrected chi connectivity index (χ0v) is 13.7. The van der Waals surface area contributed by atoms with Crippen molar-refractivity contribution in [3.05, 3.63) is 70.8 Å². The van der Waals surface area contributed by atoms with Gasteiger partial charge in [0.05, 0.1) is 0 Å². The predicted molar refractivity (Wildman–Crippen MR) is 77.0 cm³/mol. The minimum atomic E-state index is -4.43. The molecule has 0 aliphatic rings. The second-order valence-corrected chi connectivity index (χ2v) is 4.81. The van der Waals surface area contributed by atoms with Crippen LogP contribution in [0.3, 0.4) is 0 Å². The summed E-state index contributed by atoms with van der Waals surface area (Å²) in [5.41, 5.74) is 0. The van der Waals surface area contributed by atoms with Crippen molar-refractivity contribution in [3.8, 4) is 0 Å². The van der Waals surface area contributed by atoms with Crippen LogP contribution in [0.15, 0.2) is 0 Å². The lowest BCUT2D eigenvalue weighted by molar-refractivity contribution is -0.973. The van der Waals surface area contributed by atoms with Gasteiger partial charge in [0.25, 0.3) is 6.54 Å². The minimum Gasteiger partial charge on any atom is -0.439 e. The normalized spacial score (nSPS) is 11.1. The van der Waals surface area contributed by atoms with Gasteiger partial charge < -0.3 is 4.74 Å². The number of carbonyl (C=O) groups excluding carboxylic acids is 1. The van der Waals surface area contributed by atoms with E-state index >= 15 is 0 Å². The molecule has 0 aromatic rings. The number of carbonyl (C=O) groups is 1. The largest absolute Gasteiger partial charge is 0.734 e. The maximum absolute atomic E-state index is 11.5. The predicted octanol–water partition coefficient (Wildman–Crippen LogP) is -3.01. The van der Waals surface area contributed by atoms with Gasteiger partial charge in [-0.3, -0.25) is 60.7 Å². The Bertz CT molecular complexity index is 748. The third kappa shape index (κ3) is 4.48. The lowest BCUT2D eigenvalue weighted by Gasteiger charge is -2.15. The molecule has 0 unspecified atom stereocenters. The second kappa shape index (κ2) is 8.84. The van der Waals surface area contributed by atoms with Crippen LogP contribution in [0.4, 0.5) is 0 Å². The summed E-state index contributed by atoms with van der Waals surface area (Å²) in [6.45, 7) is -6.39. The highest BCUT2D eigenvalue weighted by Crippen LogP contribution is 2.16. The first-order valence-electron chi connectivity index (χ1n) is 6.49. The van der Waals surface area contributed by atoms with Crippen molar-refractivity contribution < 1.29 is 44.1 Å². The Labute approximate surface area is 158 Å². The molecule has 30 heavy (non-hydrogen) atoms. The molecule has 24 heteroatoms. The summed E-state index contributed by atoms with van der Waals surface area (Å²) in [5, 5.41) is 72.5. The minimum absolute atomic E-state index is 0.775. The Balaban J connectivity index is 5.72. The van der Waals surface area contributed by atoms with Crippen LogP contribution in [-0.4, -0.2) is 76.8 Å². The van der Waals surface area contributed by atoms with Gasteiger partial charge in [0.15, 0.2) is 41.1 Å². The second-order valence-electron chi connectivity index (χ2n) is 4.81. The average molecular weight is 446 g/mol. The van der Waals surface area contributed by atoms with Gasteiger partial charge >= 0.3 is 24.1 Å². The first-order chi connectivity index (χ1) is 13.6. The molecule has 0 amide bonds. The lowest BCUT2D eigenvalue weighted by Crippen LogP contribution is -2.61. The van der Waals surface area contributed by atoms with E-state index in [4.69, 9.17) is 0 Å². The number of nitrogens with zero attached hydrogens (tertiary/aromatic N) is 8. The average Bonchev–Trinajstić information content (AvgIpc) is 2.56. The molecule has 0 heterocycles. The molecule has 0 aromatic carbocycles. The summed E-state index contributed by atoms with van der Waals surface area (Å²) in [6, 6.07) is 0. The topological polar surface area (TPSA) is 332 Å². The van der Waals surface area contributed by atoms with Gasteiger partial charge in [0.2, 0.25) is 0 Å². The van der Waals surface area contributed by atoms with E-state index in [1.165, 1.54) is 0 Å². The van der Waals surface area contributed by atoms with E-state index in [2.05, 4.69) is 4.74 Å². The van der Waals surface area contributed by atoms with Crippen molar-refractivity contribution in [3.63, 3.8) is 0 Å². The number of rotatable bonds is 13. The van der Waals surface area contributed by atoms with Crippen LogP contribution < -0.4 is 0 Å². The molecule has 0 fully saturated rings. The van der Waals surface area contributed by atoms with E-state index in [0.717, 1.165) is 0 Å². The highest BCUT2D eigenvalue weighted by molar-refractivity contribution is 5.71. The van der Waals surface area contributed by atoms with Crippen LogP contribution in [0, 0.1) is 70.8 Å². The molecule has 0 saturated heterocycles. The number of hydrogen-bond donors (Lipinski definition) is 0. The molecule has 166 valence electrons. The van der Waals surface area contributed by atoms with Crippen LogP contribution in [0.1, 0.15) is 0 Å². The SMILES string of the molecule is O=C(CN(CC([N+](=O)[O-])([N+](=O)[O-])[N+](=O)[O-])[N+](=O)[O-])OCC([N+](=O)[O-])([N+](=O)[O-])[N+](=O)[O-]. The molecule has 0 rings (SSSR count). The van der Waals surface area contributed by atoms with E-state index in [9.17, 15) is 75.6 Å². The lowest BCUT2D eigenvalue weighted by atomic mass is 10.3. The zero-order valence-electron chi connectivity index (χ0n) is 13.7. The monoisotopic (exact) mass is 446 g/mol. The first-order valence-corrected chi connectivity index (χ1v) is 6.49. The van der Waals surface area contributed by atoms with E-state index in [1.54, 1.807) is 0 Å². The molecule has 24 nitrogen and oxygen atoms in total. The van der Waals surface area contributed by atoms with Crippen molar-refractivity contribution in [2.45, 2.75) is 11.6 Å². The van der Waals surface area contributed by atoms with Gasteiger partial charge in [-0.05, 0) is 0 Å². The van der Waals surface area contributed by atoms with Crippen LogP contribution in [0.2, 0.25) is 0 Å². The summed E-state index contributed by atoms with van der Waals surface area (Å²) < 4.78 is 3.85. The number of esters is 1. The maximum atomic E-state index is 11.5. The maximum Gasteiger partial charge on any atom is 0.734 e. The number of ether oxygens (including phenoxy) is 1. The molecule has 0 saturated carbocycles. The van der Waals surface area contributed by atoms with Crippen molar-refractivity contribution >= 4 is 5.97 Å². The Morgan fingerprint density at radius 2 is 1.00 bits per heavy atom. The highest BCUT2D eigenvalue weighted by atomic mass is 16.8. The molecule has 0 aliphatic carbocycles. The van der Waals surface area contributed by atoms with Crippen molar-refractivity contribution in [2.24, 2.45) is 0 Å². The third-order valence-electron chi connectivity index (χ3n) is 3.12. The number of hydrogen-bond acceptors (Lipinski definition) is 16. The van der Waals surface area contributed by atoms with Crippen LogP contribution >= 0.6 is 0 Å². The summed E-state index contributed by atoms with van der Waals surface area (Å²) in [6.07, 6.45) is 0. The molecule has 0 spiro atoms. The fourth-order valence-electron chi connectivity index (χ4n) is 1.52. The molecule has 0 aromatic heterocycles. The highest BCUT2D eigenvalue weighted by Gasteiger charge is 2.74. The Morgan fingerprint density at radius 3 is 1.27 bits per heavy atom. The Kier molecular flexibility index (Phi) is 7.39. The third-order valence-corrected chi connectivity index (χ3v) is 3.12. The zero-order chi connectivity index (χ0) is 24.0. The van der Waals surface area contributed by atoms with Crippen molar-refractivity contribution in [1.82, 2.24) is 5.01 Å². The van der Waals surface area contributed by atoms with E-state index < -0.39 is 76.8 Å². The molecular formula is C6H6N8O16. The van der Waals surface area contributed by atoms with E-state index in [0.29, 0.717) is 0 Å². The molecular weight excluding hydrogens is 440 g/mol. The fraction of sp³-hybridized carbons (Fsp3) is 0.833. The van der Waals surface area contributed by atoms with Crippen molar-refractivity contribution in [2.75, 3.05) is 19.7 Å². The summed E-state index contributed by atoms with van der Waals surface area (Å²) in [5.74, 6) is -10.9. The number of nitro groups is 7. The number of hydrazine groups is 1. The van der Waals surface area contributed by atoms with Crippen LogP contribution in [0.5, 0.6) is 0 Å². The van der Waals surface area contributed by atoms with Gasteiger partial charge in [-0.25, -0.2) is 14.9 Å². The molecule has 0 bridgehead atoms. The molecule has 0 aliphatic heterocycles. The molecule has 0 atom stereocenters. The van der Waals surface area contributed by atoms with Gasteiger partial charge in [0.1, 0.15) is 0 Å². The standard InChI is InChI=1S/C6H6N8O16/c15-4(30-3-6(11(22)23,12(24)25)13(26)27)1-7(14(28)29)2-5(8(16)17,9(18)19)10(20)21/h1-3H2. The van der Waals surface area contributed by atoms with Crippen LogP contribution in [-0.2, 0) is 9.53 Å². The van der Waals surface area contributed by atoms with Crippen LogP contribution in [0.25, 0.3) is 0 Å². The molecule has 0 N–H and O–H groups in total. The quantitative estimate of drug-likeness (QED) is 0.117. The smallest absolute Gasteiger partial charge is 0.439 e. The summed E-state index contributed by atoms with van der Waals surface area (Å²) >= 11 is 0. The summed E-state index contributed by atoms with van der Waals surface area (Å²) in [7, 11) is 0. The summed E-state index contributed by atoms with van der Waals surface area (Å²) in [4.78, 5) is 74.0. The van der Waals surface area contributed by atoms with E-state index in [1.807, 2.05) is 0 Å². The van der Waals surface area contributed by atoms with Gasteiger partial charge in [-0.15, -0.1) is 0 Å². The first kappa shape index (κ1) is 25.1. The van der Waals surface area contributed by atoms with Gasteiger partial charge in [-0.2, -0.15) is 0 Å². The molecule has 0 radical (unpaired) electrons. The Morgan fingerprint density at radius 1 is 0.667 bits per heavy atom. The fourth-order valence-corrected chi connectivity index (χ4v) is 1.52. The van der Waals surface area contributed by atoms with E-state index in [-0.39, 0.29) is 0 Å². The Hall–Kier alpha value is -4.93. The van der Waals surface area contributed by atoms with Crippen molar-refractivity contribution in [1.29, 1.82) is 0 Å².